The molecule has 0 spiro atoms. The Balaban J connectivity index is 1.54. The average molecular weight is 432 g/mol. The third kappa shape index (κ3) is 4.16. The molecule has 0 radical (unpaired) electrons. The number of imidazole rings is 1. The number of nitrogens with one attached hydrogen (secondary N) is 1. The zero-order valence-corrected chi connectivity index (χ0v) is 16.7. The van der Waals surface area contributed by atoms with E-state index in [1.165, 1.54) is 19.1 Å². The van der Waals surface area contributed by atoms with Gasteiger partial charge in [-0.15, -0.1) is 0 Å². The van der Waals surface area contributed by atoms with E-state index in [0.717, 1.165) is 16.8 Å². The summed E-state index contributed by atoms with van der Waals surface area (Å²) in [6, 6.07) is 4.56. The van der Waals surface area contributed by atoms with E-state index in [4.69, 9.17) is 4.74 Å². The summed E-state index contributed by atoms with van der Waals surface area (Å²) in [4.78, 5) is 25.2. The van der Waals surface area contributed by atoms with Crippen LogP contribution in [0.25, 0.3) is 5.69 Å². The Labute approximate surface area is 175 Å². The van der Waals surface area contributed by atoms with Crippen molar-refractivity contribution in [1.82, 2.24) is 19.5 Å². The third-order valence-corrected chi connectivity index (χ3v) is 4.91. The molecule has 1 N–H and O–H groups in total. The first kappa shape index (κ1) is 20.6. The highest BCUT2D eigenvalue weighted by Crippen LogP contribution is 2.28. The normalized spacial score (nSPS) is 18.0. The Kier molecular flexibility index (Phi) is 5.49. The summed E-state index contributed by atoms with van der Waals surface area (Å²) in [5.74, 6) is -1.54. The van der Waals surface area contributed by atoms with Crippen molar-refractivity contribution in [2.75, 3.05) is 16.8 Å². The van der Waals surface area contributed by atoms with E-state index >= 15 is 0 Å². The molecule has 31 heavy (non-hydrogen) atoms. The minimum Gasteiger partial charge on any atom is -0.447 e. The summed E-state index contributed by atoms with van der Waals surface area (Å²) in [6.45, 7) is 2.86. The van der Waals surface area contributed by atoms with Crippen LogP contribution in [0.1, 0.15) is 25.6 Å². The molecule has 11 heteroatoms. The molecule has 0 bridgehead atoms. The molecule has 1 aromatic carbocycles. The van der Waals surface area contributed by atoms with Gasteiger partial charge >= 0.3 is 6.09 Å². The number of carbonyl (C=O) groups excluding carboxylic acids is 1. The predicted molar refractivity (Wildman–Crippen MR) is 106 cm³/mol. The summed E-state index contributed by atoms with van der Waals surface area (Å²) in [5.41, 5.74) is 1.35. The number of carbonyl (C=O) groups is 1. The number of hydrogen-bond donors (Lipinski definition) is 1. The lowest BCUT2D eigenvalue weighted by Gasteiger charge is -2.22. The number of benzene rings is 1. The molecular formula is C20H19F3N6O2. The molecule has 162 valence electrons. The number of alkyl halides is 1. The fraction of sp³-hybridized carbons (Fsp3) is 0.300. The van der Waals surface area contributed by atoms with Crippen LogP contribution in [0.2, 0.25) is 0 Å². The number of amides is 1. The molecule has 3 atom stereocenters. The highest BCUT2D eigenvalue weighted by Gasteiger charge is 2.40. The molecule has 0 aliphatic carbocycles. The molecule has 3 aromatic rings. The van der Waals surface area contributed by atoms with Gasteiger partial charge in [-0.05, 0) is 38.1 Å². The quantitative estimate of drug-likeness (QED) is 0.638. The SMILES string of the molecule is C[C@H](Nc1ncc(F)c(N2C(=O)OCC2[C@@H](C)F)n1)c1cn(-c2ccc(F)cc2)cn1. The van der Waals surface area contributed by atoms with Gasteiger partial charge in [-0.1, -0.05) is 0 Å². The topological polar surface area (TPSA) is 85.2 Å². The molecule has 1 aliphatic heterocycles. The number of anilines is 2. The number of aromatic nitrogens is 4. The van der Waals surface area contributed by atoms with Crippen molar-refractivity contribution in [2.45, 2.75) is 32.1 Å². The van der Waals surface area contributed by atoms with Gasteiger partial charge in [-0.3, -0.25) is 0 Å². The maximum Gasteiger partial charge on any atom is 0.416 e. The van der Waals surface area contributed by atoms with E-state index in [2.05, 4.69) is 20.3 Å². The van der Waals surface area contributed by atoms with E-state index in [-0.39, 0.29) is 30.2 Å². The first-order valence-electron chi connectivity index (χ1n) is 9.52. The van der Waals surface area contributed by atoms with Gasteiger partial charge < -0.3 is 14.6 Å². The molecule has 4 rings (SSSR count). The van der Waals surface area contributed by atoms with E-state index < -0.39 is 24.1 Å². The fourth-order valence-corrected chi connectivity index (χ4v) is 3.20. The third-order valence-electron chi connectivity index (χ3n) is 4.91. The largest absolute Gasteiger partial charge is 0.447 e. The average Bonchev–Trinajstić information content (AvgIpc) is 3.37. The maximum atomic E-state index is 14.3. The first-order chi connectivity index (χ1) is 14.8. The minimum atomic E-state index is -1.44. The molecule has 1 aliphatic rings. The van der Waals surface area contributed by atoms with E-state index in [1.54, 1.807) is 36.1 Å². The van der Waals surface area contributed by atoms with Crippen LogP contribution in [-0.2, 0) is 4.74 Å². The standard InChI is InChI=1S/C20H19F3N6O2/c1-11(21)17-9-31-20(30)29(17)18-15(23)7-24-19(27-18)26-12(2)16-8-28(10-25-16)14-5-3-13(22)4-6-14/h3-8,10-12,17H,9H2,1-2H3,(H,24,26,27)/t11-,12+,17?/m1/s1. The van der Waals surface area contributed by atoms with Crippen molar-refractivity contribution in [3.8, 4) is 5.69 Å². The molecule has 2 aromatic heterocycles. The number of cyclic esters (lactones) is 1. The molecule has 1 fully saturated rings. The molecule has 1 unspecified atom stereocenters. The molecular weight excluding hydrogens is 413 g/mol. The molecule has 8 nitrogen and oxygen atoms in total. The number of hydrogen-bond acceptors (Lipinski definition) is 6. The van der Waals surface area contributed by atoms with Crippen molar-refractivity contribution in [1.29, 1.82) is 0 Å². The van der Waals surface area contributed by atoms with E-state index in [1.807, 2.05) is 0 Å². The van der Waals surface area contributed by atoms with Gasteiger partial charge in [0, 0.05) is 11.9 Å². The number of nitrogens with zero attached hydrogens (tertiary/aromatic N) is 5. The predicted octanol–water partition coefficient (Wildman–Crippen LogP) is 3.80. The van der Waals surface area contributed by atoms with Crippen LogP contribution in [0, 0.1) is 11.6 Å². The monoisotopic (exact) mass is 432 g/mol. The van der Waals surface area contributed by atoms with Gasteiger partial charge in [0.25, 0.3) is 0 Å². The van der Waals surface area contributed by atoms with Crippen LogP contribution in [0.4, 0.5) is 29.7 Å². The van der Waals surface area contributed by atoms with Crippen LogP contribution >= 0.6 is 0 Å². The van der Waals surface area contributed by atoms with E-state index in [0.29, 0.717) is 5.69 Å². The summed E-state index contributed by atoms with van der Waals surface area (Å²) >= 11 is 0. The lowest BCUT2D eigenvalue weighted by molar-refractivity contribution is 0.174. The second-order valence-electron chi connectivity index (χ2n) is 7.11. The molecule has 1 saturated heterocycles. The van der Waals surface area contributed by atoms with Gasteiger partial charge in [0.15, 0.2) is 11.6 Å². The Morgan fingerprint density at radius 1 is 1.19 bits per heavy atom. The summed E-state index contributed by atoms with van der Waals surface area (Å²) in [7, 11) is 0. The van der Waals surface area contributed by atoms with Crippen molar-refractivity contribution < 1.29 is 22.7 Å². The Hall–Kier alpha value is -3.63. The second-order valence-corrected chi connectivity index (χ2v) is 7.11. The second kappa shape index (κ2) is 8.25. The minimum absolute atomic E-state index is 0.0326. The van der Waals surface area contributed by atoms with Gasteiger partial charge in [-0.2, -0.15) is 4.98 Å². The summed E-state index contributed by atoms with van der Waals surface area (Å²) in [6.07, 6.45) is 1.91. The van der Waals surface area contributed by atoms with E-state index in [9.17, 15) is 18.0 Å². The van der Waals surface area contributed by atoms with Gasteiger partial charge in [0.1, 0.15) is 24.6 Å². The molecule has 0 saturated carbocycles. The summed E-state index contributed by atoms with van der Waals surface area (Å²) in [5, 5.41) is 2.98. The smallest absolute Gasteiger partial charge is 0.416 e. The number of halogens is 3. The van der Waals surface area contributed by atoms with Crippen LogP contribution < -0.4 is 10.2 Å². The van der Waals surface area contributed by atoms with Crippen molar-refractivity contribution in [3.05, 3.63) is 60.3 Å². The Morgan fingerprint density at radius 3 is 2.65 bits per heavy atom. The number of ether oxygens (including phenoxy) is 1. The zero-order chi connectivity index (χ0) is 22.1. The van der Waals surface area contributed by atoms with Crippen LogP contribution in [0.3, 0.4) is 0 Å². The Morgan fingerprint density at radius 2 is 1.94 bits per heavy atom. The lowest BCUT2D eigenvalue weighted by Crippen LogP contribution is -2.40. The highest BCUT2D eigenvalue weighted by atomic mass is 19.1. The van der Waals surface area contributed by atoms with Gasteiger partial charge in [0.05, 0.1) is 24.3 Å². The van der Waals surface area contributed by atoms with Gasteiger partial charge in [-0.25, -0.2) is 32.8 Å². The lowest BCUT2D eigenvalue weighted by atomic mass is 10.2. The van der Waals surface area contributed by atoms with Crippen molar-refractivity contribution in [2.24, 2.45) is 0 Å². The summed E-state index contributed by atoms with van der Waals surface area (Å²) < 4.78 is 47.9. The number of rotatable bonds is 6. The maximum absolute atomic E-state index is 14.3. The molecule has 1 amide bonds. The van der Waals surface area contributed by atoms with Crippen molar-refractivity contribution in [3.63, 3.8) is 0 Å². The first-order valence-corrected chi connectivity index (χ1v) is 9.52. The molecule has 3 heterocycles. The van der Waals surface area contributed by atoms with Crippen LogP contribution in [-0.4, -0.2) is 44.4 Å². The fourth-order valence-electron chi connectivity index (χ4n) is 3.20. The van der Waals surface area contributed by atoms with Gasteiger partial charge in [0.2, 0.25) is 5.95 Å². The Bertz CT molecular complexity index is 1090. The highest BCUT2D eigenvalue weighted by molar-refractivity contribution is 5.89. The van der Waals surface area contributed by atoms with Crippen LogP contribution in [0.5, 0.6) is 0 Å². The van der Waals surface area contributed by atoms with Crippen molar-refractivity contribution >= 4 is 17.9 Å². The van der Waals surface area contributed by atoms with Crippen LogP contribution in [0.15, 0.2) is 43.0 Å². The zero-order valence-electron chi connectivity index (χ0n) is 16.7.